The molecule has 6 nitrogen and oxygen atoms in total. The highest BCUT2D eigenvalue weighted by Gasteiger charge is 2.50. The number of nitrogens with one attached hydrogen (secondary N) is 2. The smallest absolute Gasteiger partial charge is 0.315 e. The summed E-state index contributed by atoms with van der Waals surface area (Å²) in [6.07, 6.45) is 4.67. The average molecular weight is 263 g/mol. The molecule has 1 saturated carbocycles. The van der Waals surface area contributed by atoms with Gasteiger partial charge in [-0.1, -0.05) is 0 Å². The average Bonchev–Trinajstić information content (AvgIpc) is 3.16. The third-order valence-corrected chi connectivity index (χ3v) is 3.47. The maximum absolute atomic E-state index is 11.6. The second-order valence-electron chi connectivity index (χ2n) is 4.92. The summed E-state index contributed by atoms with van der Waals surface area (Å²) >= 11 is 0. The normalized spacial score (nSPS) is 15.6. The fourth-order valence-electron chi connectivity index (χ4n) is 1.81. The van der Waals surface area contributed by atoms with E-state index in [1.807, 2.05) is 13.0 Å². The molecule has 3 N–H and O–H groups in total. The lowest BCUT2D eigenvalue weighted by Gasteiger charge is -2.12. The van der Waals surface area contributed by atoms with Gasteiger partial charge in [0.15, 0.2) is 0 Å². The molecule has 0 aliphatic heterocycles. The number of amides is 2. The van der Waals surface area contributed by atoms with Crippen LogP contribution in [-0.2, 0) is 11.3 Å². The first-order valence-corrected chi connectivity index (χ1v) is 6.18. The third kappa shape index (κ3) is 3.21. The van der Waals surface area contributed by atoms with Gasteiger partial charge in [-0.15, -0.1) is 0 Å². The molecule has 0 radical (unpaired) electrons. The summed E-state index contributed by atoms with van der Waals surface area (Å²) in [5.41, 5.74) is 1.26. The Morgan fingerprint density at radius 2 is 2.16 bits per heavy atom. The van der Waals surface area contributed by atoms with Gasteiger partial charge in [-0.05, 0) is 37.0 Å². The van der Waals surface area contributed by atoms with Crippen molar-refractivity contribution >= 4 is 12.0 Å². The molecule has 1 aliphatic carbocycles. The maximum atomic E-state index is 11.6. The number of hydrogen-bond donors (Lipinski definition) is 3. The largest absolute Gasteiger partial charge is 0.481 e. The van der Waals surface area contributed by atoms with Gasteiger partial charge < -0.3 is 15.7 Å². The molecule has 102 valence electrons. The van der Waals surface area contributed by atoms with Crippen LogP contribution in [0.3, 0.4) is 0 Å². The summed E-state index contributed by atoms with van der Waals surface area (Å²) in [7, 11) is 0. The molecular formula is C13H17N3O3. The van der Waals surface area contributed by atoms with Gasteiger partial charge in [0, 0.05) is 25.5 Å². The Bertz CT molecular complexity index is 498. The first-order valence-electron chi connectivity index (χ1n) is 6.18. The molecule has 2 rings (SSSR count). The molecule has 6 heteroatoms. The minimum atomic E-state index is -0.835. The summed E-state index contributed by atoms with van der Waals surface area (Å²) < 4.78 is 0. The standard InChI is InChI=1S/C13H17N3O3/c1-9-6-14-5-2-10(9)7-15-12(19)16-8-13(3-4-13)11(17)18/h2,5-6H,3-4,7-8H2,1H3,(H,17,18)(H2,15,16,19). The van der Waals surface area contributed by atoms with Crippen LogP contribution in [0.5, 0.6) is 0 Å². The zero-order valence-corrected chi connectivity index (χ0v) is 10.8. The lowest BCUT2D eigenvalue weighted by atomic mass is 10.1. The van der Waals surface area contributed by atoms with Crippen molar-refractivity contribution in [3.05, 3.63) is 29.6 Å². The summed E-state index contributed by atoms with van der Waals surface area (Å²) in [6, 6.07) is 1.50. The number of aliphatic carboxylic acids is 1. The monoisotopic (exact) mass is 263 g/mol. The van der Waals surface area contributed by atoms with Crippen molar-refractivity contribution in [1.29, 1.82) is 0 Å². The molecule has 1 fully saturated rings. The first kappa shape index (κ1) is 13.3. The molecule has 1 aromatic heterocycles. The van der Waals surface area contributed by atoms with E-state index in [0.29, 0.717) is 19.4 Å². The maximum Gasteiger partial charge on any atom is 0.315 e. The highest BCUT2D eigenvalue weighted by atomic mass is 16.4. The van der Waals surface area contributed by atoms with E-state index in [4.69, 9.17) is 5.11 Å². The molecule has 2 amide bonds. The van der Waals surface area contributed by atoms with Crippen LogP contribution in [0.2, 0.25) is 0 Å². The molecule has 1 aromatic rings. The predicted molar refractivity (Wildman–Crippen MR) is 68.5 cm³/mol. The van der Waals surface area contributed by atoms with E-state index in [0.717, 1.165) is 11.1 Å². The topological polar surface area (TPSA) is 91.3 Å². The van der Waals surface area contributed by atoms with E-state index in [9.17, 15) is 9.59 Å². The number of aryl methyl sites for hydroxylation is 1. The van der Waals surface area contributed by atoms with E-state index in [1.165, 1.54) is 0 Å². The van der Waals surface area contributed by atoms with Crippen LogP contribution >= 0.6 is 0 Å². The predicted octanol–water partition coefficient (Wildman–Crippen LogP) is 1.05. The number of aromatic nitrogens is 1. The van der Waals surface area contributed by atoms with Crippen LogP contribution in [0, 0.1) is 12.3 Å². The summed E-state index contributed by atoms with van der Waals surface area (Å²) in [5, 5.41) is 14.3. The van der Waals surface area contributed by atoms with Crippen molar-refractivity contribution in [2.24, 2.45) is 5.41 Å². The molecule has 0 atom stereocenters. The lowest BCUT2D eigenvalue weighted by molar-refractivity contribution is -0.143. The first-order chi connectivity index (χ1) is 9.03. The second-order valence-corrected chi connectivity index (χ2v) is 4.92. The van der Waals surface area contributed by atoms with E-state index < -0.39 is 11.4 Å². The van der Waals surface area contributed by atoms with Crippen molar-refractivity contribution in [2.45, 2.75) is 26.3 Å². The zero-order chi connectivity index (χ0) is 13.9. The number of urea groups is 1. The van der Waals surface area contributed by atoms with Gasteiger partial charge in [0.1, 0.15) is 0 Å². The fraction of sp³-hybridized carbons (Fsp3) is 0.462. The van der Waals surface area contributed by atoms with Crippen molar-refractivity contribution in [2.75, 3.05) is 6.54 Å². The molecule has 0 aromatic carbocycles. The second kappa shape index (κ2) is 5.26. The minimum Gasteiger partial charge on any atom is -0.481 e. The van der Waals surface area contributed by atoms with Gasteiger partial charge in [-0.2, -0.15) is 0 Å². The number of carboxylic acids is 1. The summed E-state index contributed by atoms with van der Waals surface area (Å²) in [6.45, 7) is 2.51. The van der Waals surface area contributed by atoms with Gasteiger partial charge in [0.2, 0.25) is 0 Å². The Morgan fingerprint density at radius 1 is 1.42 bits per heavy atom. The third-order valence-electron chi connectivity index (χ3n) is 3.47. The SMILES string of the molecule is Cc1cnccc1CNC(=O)NCC1(C(=O)O)CC1. The number of hydrogen-bond acceptors (Lipinski definition) is 3. The van der Waals surface area contributed by atoms with Crippen molar-refractivity contribution in [3.8, 4) is 0 Å². The molecule has 0 saturated heterocycles. The van der Waals surface area contributed by atoms with E-state index >= 15 is 0 Å². The quantitative estimate of drug-likeness (QED) is 0.740. The number of carbonyl (C=O) groups is 2. The van der Waals surface area contributed by atoms with Crippen LogP contribution in [0.4, 0.5) is 4.79 Å². The molecule has 0 spiro atoms. The van der Waals surface area contributed by atoms with Gasteiger partial charge in [0.05, 0.1) is 5.41 Å². The fourth-order valence-corrected chi connectivity index (χ4v) is 1.81. The number of pyridine rings is 1. The Kier molecular flexibility index (Phi) is 3.69. The van der Waals surface area contributed by atoms with Crippen LogP contribution in [0.15, 0.2) is 18.5 Å². The summed E-state index contributed by atoms with van der Waals surface area (Å²) in [5.74, 6) is -0.835. The Morgan fingerprint density at radius 3 is 2.74 bits per heavy atom. The lowest BCUT2D eigenvalue weighted by Crippen LogP contribution is -2.40. The molecule has 19 heavy (non-hydrogen) atoms. The van der Waals surface area contributed by atoms with Crippen LogP contribution in [-0.4, -0.2) is 28.6 Å². The van der Waals surface area contributed by atoms with E-state index in [-0.39, 0.29) is 12.6 Å². The highest BCUT2D eigenvalue weighted by Crippen LogP contribution is 2.45. The van der Waals surface area contributed by atoms with Crippen molar-refractivity contribution in [1.82, 2.24) is 15.6 Å². The summed E-state index contributed by atoms with van der Waals surface area (Å²) in [4.78, 5) is 26.5. The molecular weight excluding hydrogens is 246 g/mol. The van der Waals surface area contributed by atoms with Crippen molar-refractivity contribution < 1.29 is 14.7 Å². The molecule has 1 heterocycles. The number of nitrogens with zero attached hydrogens (tertiary/aromatic N) is 1. The highest BCUT2D eigenvalue weighted by molar-refractivity contribution is 5.80. The van der Waals surface area contributed by atoms with Gasteiger partial charge in [0.25, 0.3) is 0 Å². The number of carboxylic acid groups (broad SMARTS) is 1. The van der Waals surface area contributed by atoms with Gasteiger partial charge in [-0.25, -0.2) is 4.79 Å². The Balaban J connectivity index is 1.77. The van der Waals surface area contributed by atoms with Crippen LogP contribution < -0.4 is 10.6 Å². The zero-order valence-electron chi connectivity index (χ0n) is 10.8. The molecule has 0 unspecified atom stereocenters. The van der Waals surface area contributed by atoms with E-state index in [2.05, 4.69) is 15.6 Å². The van der Waals surface area contributed by atoms with Crippen molar-refractivity contribution in [3.63, 3.8) is 0 Å². The van der Waals surface area contributed by atoms with E-state index in [1.54, 1.807) is 12.4 Å². The molecule has 1 aliphatic rings. The number of rotatable bonds is 5. The minimum absolute atomic E-state index is 0.184. The molecule has 0 bridgehead atoms. The van der Waals surface area contributed by atoms with Gasteiger partial charge >= 0.3 is 12.0 Å². The number of carbonyl (C=O) groups excluding carboxylic acids is 1. The Hall–Kier alpha value is -2.11. The van der Waals surface area contributed by atoms with Crippen LogP contribution in [0.1, 0.15) is 24.0 Å². The Labute approximate surface area is 111 Å². The van der Waals surface area contributed by atoms with Crippen LogP contribution in [0.25, 0.3) is 0 Å². The van der Waals surface area contributed by atoms with Gasteiger partial charge in [-0.3, -0.25) is 9.78 Å².